The zero-order valence-electron chi connectivity index (χ0n) is 9.91. The van der Waals surface area contributed by atoms with Crippen LogP contribution in [-0.2, 0) is 6.54 Å². The molecule has 4 nitrogen and oxygen atoms in total. The van der Waals surface area contributed by atoms with Gasteiger partial charge in [0.15, 0.2) is 0 Å². The topological polar surface area (TPSA) is 41.1 Å². The predicted octanol–water partition coefficient (Wildman–Crippen LogP) is 2.35. The monoisotopic (exact) mass is 240 g/mol. The maximum atomic E-state index is 4.20. The molecular formula is C11H20N4S. The summed E-state index contributed by atoms with van der Waals surface area (Å²) in [6.45, 7) is 3.41. The van der Waals surface area contributed by atoms with Crippen molar-refractivity contribution in [3.05, 3.63) is 5.01 Å². The van der Waals surface area contributed by atoms with E-state index in [2.05, 4.69) is 20.4 Å². The molecule has 0 radical (unpaired) electrons. The average molecular weight is 240 g/mol. The normalized spacial score (nSPS) is 19.1. The van der Waals surface area contributed by atoms with Gasteiger partial charge in [-0.3, -0.25) is 4.90 Å². The third kappa shape index (κ3) is 3.42. The molecule has 1 saturated heterocycles. The van der Waals surface area contributed by atoms with Crippen molar-refractivity contribution in [3.63, 3.8) is 0 Å². The molecule has 0 unspecified atom stereocenters. The Morgan fingerprint density at radius 2 is 1.81 bits per heavy atom. The molecule has 0 bridgehead atoms. The first kappa shape index (κ1) is 11.8. The molecule has 1 aliphatic rings. The van der Waals surface area contributed by atoms with E-state index in [0.29, 0.717) is 0 Å². The predicted molar refractivity (Wildman–Crippen MR) is 67.8 cm³/mol. The summed E-state index contributed by atoms with van der Waals surface area (Å²) in [7, 11) is 1.89. The summed E-state index contributed by atoms with van der Waals surface area (Å²) < 4.78 is 0. The highest BCUT2D eigenvalue weighted by Gasteiger charge is 2.11. The molecule has 1 aromatic rings. The standard InChI is InChI=1S/C11H20N4S/c1-12-11-14-13-10(16-11)9-15-7-5-3-2-4-6-8-15/h2-9H2,1H3,(H,12,14). The van der Waals surface area contributed by atoms with Crippen molar-refractivity contribution in [1.82, 2.24) is 15.1 Å². The smallest absolute Gasteiger partial charge is 0.205 e. The maximum absolute atomic E-state index is 4.20. The number of nitrogens with zero attached hydrogens (tertiary/aromatic N) is 3. The third-order valence-electron chi connectivity index (χ3n) is 2.99. The van der Waals surface area contributed by atoms with Gasteiger partial charge in [0.1, 0.15) is 5.01 Å². The van der Waals surface area contributed by atoms with Crippen molar-refractivity contribution < 1.29 is 0 Å². The Labute approximate surface area is 101 Å². The summed E-state index contributed by atoms with van der Waals surface area (Å²) in [4.78, 5) is 2.51. The Bertz CT molecular complexity index is 305. The molecule has 0 saturated carbocycles. The molecule has 2 rings (SSSR count). The van der Waals surface area contributed by atoms with Crippen LogP contribution >= 0.6 is 11.3 Å². The van der Waals surface area contributed by atoms with E-state index >= 15 is 0 Å². The van der Waals surface area contributed by atoms with Crippen LogP contribution in [0.5, 0.6) is 0 Å². The maximum Gasteiger partial charge on any atom is 0.205 e. The Morgan fingerprint density at radius 1 is 1.12 bits per heavy atom. The van der Waals surface area contributed by atoms with Gasteiger partial charge in [-0.05, 0) is 25.9 Å². The van der Waals surface area contributed by atoms with Crippen LogP contribution in [0.3, 0.4) is 0 Å². The van der Waals surface area contributed by atoms with Crippen molar-refractivity contribution in [2.24, 2.45) is 0 Å². The molecule has 0 atom stereocenters. The molecule has 0 spiro atoms. The summed E-state index contributed by atoms with van der Waals surface area (Å²) in [5, 5.41) is 13.4. The number of hydrogen-bond donors (Lipinski definition) is 1. The molecule has 0 aromatic carbocycles. The van der Waals surface area contributed by atoms with Crippen LogP contribution in [0.15, 0.2) is 0 Å². The van der Waals surface area contributed by atoms with Crippen molar-refractivity contribution in [2.45, 2.75) is 38.6 Å². The third-order valence-corrected chi connectivity index (χ3v) is 3.91. The Hall–Kier alpha value is -0.680. The minimum Gasteiger partial charge on any atom is -0.363 e. The number of hydrogen-bond acceptors (Lipinski definition) is 5. The Morgan fingerprint density at radius 3 is 2.44 bits per heavy atom. The Kier molecular flexibility index (Phi) is 4.54. The van der Waals surface area contributed by atoms with Gasteiger partial charge in [0.05, 0.1) is 6.54 Å². The highest BCUT2D eigenvalue weighted by Crippen LogP contribution is 2.18. The first-order valence-corrected chi connectivity index (χ1v) is 6.92. The van der Waals surface area contributed by atoms with Gasteiger partial charge in [0.2, 0.25) is 5.13 Å². The minimum atomic E-state index is 0.919. The van der Waals surface area contributed by atoms with Crippen LogP contribution in [0.2, 0.25) is 0 Å². The highest BCUT2D eigenvalue weighted by atomic mass is 32.1. The first-order valence-electron chi connectivity index (χ1n) is 6.11. The lowest BCUT2D eigenvalue weighted by molar-refractivity contribution is 0.239. The molecule has 5 heteroatoms. The largest absolute Gasteiger partial charge is 0.363 e. The molecule has 2 heterocycles. The fourth-order valence-electron chi connectivity index (χ4n) is 2.08. The van der Waals surface area contributed by atoms with Crippen LogP contribution in [0.4, 0.5) is 5.13 Å². The average Bonchev–Trinajstić information content (AvgIpc) is 2.69. The number of anilines is 1. The van der Waals surface area contributed by atoms with E-state index in [9.17, 15) is 0 Å². The fraction of sp³-hybridized carbons (Fsp3) is 0.818. The van der Waals surface area contributed by atoms with E-state index in [1.165, 1.54) is 45.2 Å². The second-order valence-electron chi connectivity index (χ2n) is 4.29. The number of likely N-dealkylation sites (tertiary alicyclic amines) is 1. The second-order valence-corrected chi connectivity index (χ2v) is 5.36. The quantitative estimate of drug-likeness (QED) is 0.880. The lowest BCUT2D eigenvalue weighted by Crippen LogP contribution is -2.26. The van der Waals surface area contributed by atoms with E-state index in [1.54, 1.807) is 11.3 Å². The van der Waals surface area contributed by atoms with Crippen molar-refractivity contribution in [3.8, 4) is 0 Å². The molecule has 0 amide bonds. The summed E-state index contributed by atoms with van der Waals surface area (Å²) in [6, 6.07) is 0. The number of aromatic nitrogens is 2. The number of rotatable bonds is 3. The van der Waals surface area contributed by atoms with Gasteiger partial charge in [0.25, 0.3) is 0 Å². The van der Waals surface area contributed by atoms with E-state index in [1.807, 2.05) is 7.05 Å². The minimum absolute atomic E-state index is 0.919. The second kappa shape index (κ2) is 6.15. The van der Waals surface area contributed by atoms with Crippen molar-refractivity contribution in [2.75, 3.05) is 25.5 Å². The highest BCUT2D eigenvalue weighted by molar-refractivity contribution is 7.15. The molecule has 1 fully saturated rings. The van der Waals surface area contributed by atoms with Crippen LogP contribution < -0.4 is 5.32 Å². The van der Waals surface area contributed by atoms with Crippen LogP contribution in [0.1, 0.15) is 37.1 Å². The van der Waals surface area contributed by atoms with Crippen LogP contribution in [-0.4, -0.2) is 35.2 Å². The van der Waals surface area contributed by atoms with Crippen molar-refractivity contribution in [1.29, 1.82) is 0 Å². The van der Waals surface area contributed by atoms with Crippen molar-refractivity contribution >= 4 is 16.5 Å². The molecule has 90 valence electrons. The molecule has 1 N–H and O–H groups in total. The molecule has 1 aromatic heterocycles. The first-order chi connectivity index (χ1) is 7.88. The van der Waals surface area contributed by atoms with Gasteiger partial charge < -0.3 is 5.32 Å². The zero-order chi connectivity index (χ0) is 11.2. The summed E-state index contributed by atoms with van der Waals surface area (Å²) in [5.74, 6) is 0. The van der Waals surface area contributed by atoms with E-state index in [-0.39, 0.29) is 0 Å². The number of nitrogens with one attached hydrogen (secondary N) is 1. The Balaban J connectivity index is 1.86. The lowest BCUT2D eigenvalue weighted by Gasteiger charge is -2.22. The SMILES string of the molecule is CNc1nnc(CN2CCCCCCC2)s1. The van der Waals surface area contributed by atoms with E-state index in [0.717, 1.165) is 16.7 Å². The molecule has 16 heavy (non-hydrogen) atoms. The van der Waals surface area contributed by atoms with Gasteiger partial charge in [-0.25, -0.2) is 0 Å². The summed E-state index contributed by atoms with van der Waals surface area (Å²) in [5.41, 5.74) is 0. The molecule has 0 aliphatic carbocycles. The van der Waals surface area contributed by atoms with Gasteiger partial charge in [0, 0.05) is 7.05 Å². The zero-order valence-corrected chi connectivity index (χ0v) is 10.7. The van der Waals surface area contributed by atoms with Gasteiger partial charge in [-0.2, -0.15) is 0 Å². The summed E-state index contributed by atoms with van der Waals surface area (Å²) in [6.07, 6.45) is 6.84. The van der Waals surface area contributed by atoms with Gasteiger partial charge in [-0.1, -0.05) is 30.6 Å². The van der Waals surface area contributed by atoms with Crippen LogP contribution in [0, 0.1) is 0 Å². The van der Waals surface area contributed by atoms with E-state index < -0.39 is 0 Å². The molecule has 1 aliphatic heterocycles. The molecular weight excluding hydrogens is 220 g/mol. The summed E-state index contributed by atoms with van der Waals surface area (Å²) >= 11 is 1.66. The lowest BCUT2D eigenvalue weighted by atomic mass is 10.1. The fourth-order valence-corrected chi connectivity index (χ4v) is 2.82. The van der Waals surface area contributed by atoms with Gasteiger partial charge in [-0.15, -0.1) is 10.2 Å². The van der Waals surface area contributed by atoms with Gasteiger partial charge >= 0.3 is 0 Å². The van der Waals surface area contributed by atoms with Crippen LogP contribution in [0.25, 0.3) is 0 Å². The van der Waals surface area contributed by atoms with E-state index in [4.69, 9.17) is 0 Å².